The maximum atomic E-state index is 3.96. The fraction of sp³-hybridized carbons (Fsp3) is 0.692. The van der Waals surface area contributed by atoms with Gasteiger partial charge in [-0.2, -0.15) is 0 Å². The first-order valence-electron chi connectivity index (χ1n) is 5.84. The summed E-state index contributed by atoms with van der Waals surface area (Å²) >= 11 is 0. The van der Waals surface area contributed by atoms with E-state index in [1.807, 2.05) is 19.9 Å². The van der Waals surface area contributed by atoms with E-state index in [-0.39, 0.29) is 0 Å². The van der Waals surface area contributed by atoms with E-state index in [0.29, 0.717) is 0 Å². The molecular weight excluding hydrogens is 170 g/mol. The van der Waals surface area contributed by atoms with E-state index in [4.69, 9.17) is 0 Å². The highest BCUT2D eigenvalue weighted by Gasteiger charge is 2.16. The average Bonchev–Trinajstić information content (AvgIpc) is 2.31. The monoisotopic (exact) mass is 195 g/mol. The average molecular weight is 195 g/mol. The summed E-state index contributed by atoms with van der Waals surface area (Å²) in [5.41, 5.74) is 1.09. The normalized spacial score (nSPS) is 16.9. The quantitative estimate of drug-likeness (QED) is 0.619. The molecule has 0 aromatic carbocycles. The molecule has 1 saturated heterocycles. The van der Waals surface area contributed by atoms with Gasteiger partial charge >= 0.3 is 0 Å². The molecule has 82 valence electrons. The second-order valence-electron chi connectivity index (χ2n) is 3.53. The van der Waals surface area contributed by atoms with Crippen LogP contribution in [0.4, 0.5) is 0 Å². The summed E-state index contributed by atoms with van der Waals surface area (Å²) in [4.78, 5) is 2.33. The van der Waals surface area contributed by atoms with Gasteiger partial charge in [0, 0.05) is 18.8 Å². The fourth-order valence-corrected chi connectivity index (χ4v) is 1.76. The third-order valence-corrected chi connectivity index (χ3v) is 2.83. The zero-order chi connectivity index (χ0) is 11.0. The van der Waals surface area contributed by atoms with Crippen molar-refractivity contribution >= 4 is 0 Å². The molecule has 0 atom stereocenters. The molecule has 0 bridgehead atoms. The van der Waals surface area contributed by atoms with Crippen LogP contribution >= 0.6 is 0 Å². The van der Waals surface area contributed by atoms with Crippen LogP contribution in [0.25, 0.3) is 0 Å². The summed E-state index contributed by atoms with van der Waals surface area (Å²) in [7, 11) is 0. The zero-order valence-electron chi connectivity index (χ0n) is 10.1. The maximum absolute atomic E-state index is 3.96. The summed E-state index contributed by atoms with van der Waals surface area (Å²) in [6, 6.07) is 0. The first-order valence-corrected chi connectivity index (χ1v) is 5.84. The van der Waals surface area contributed by atoms with E-state index in [0.717, 1.165) is 11.6 Å². The highest BCUT2D eigenvalue weighted by Crippen LogP contribution is 2.22. The second kappa shape index (κ2) is 7.66. The Morgan fingerprint density at radius 2 is 1.86 bits per heavy atom. The SMILES string of the molecule is C=CC(=C)N1CCC(CC)CC1.CC. The van der Waals surface area contributed by atoms with Crippen molar-refractivity contribution < 1.29 is 0 Å². The molecule has 0 aromatic heterocycles. The summed E-state index contributed by atoms with van der Waals surface area (Å²) in [5, 5.41) is 0. The highest BCUT2D eigenvalue weighted by atomic mass is 15.1. The van der Waals surface area contributed by atoms with Gasteiger partial charge in [0.15, 0.2) is 0 Å². The minimum absolute atomic E-state index is 0.943. The number of hydrogen-bond acceptors (Lipinski definition) is 1. The zero-order valence-corrected chi connectivity index (χ0v) is 10.1. The van der Waals surface area contributed by atoms with E-state index in [1.165, 1.54) is 32.4 Å². The highest BCUT2D eigenvalue weighted by molar-refractivity contribution is 5.10. The third-order valence-electron chi connectivity index (χ3n) is 2.83. The topological polar surface area (TPSA) is 3.24 Å². The maximum Gasteiger partial charge on any atom is 0.0287 e. The molecule has 0 saturated carbocycles. The van der Waals surface area contributed by atoms with Crippen LogP contribution in [-0.4, -0.2) is 18.0 Å². The Labute approximate surface area is 89.5 Å². The lowest BCUT2D eigenvalue weighted by molar-refractivity contribution is 0.229. The van der Waals surface area contributed by atoms with Gasteiger partial charge in [0.2, 0.25) is 0 Å². The van der Waals surface area contributed by atoms with Crippen LogP contribution in [0.2, 0.25) is 0 Å². The van der Waals surface area contributed by atoms with E-state index in [1.54, 1.807) is 0 Å². The van der Waals surface area contributed by atoms with Crippen LogP contribution in [0.1, 0.15) is 40.0 Å². The lowest BCUT2D eigenvalue weighted by Crippen LogP contribution is -2.31. The smallest absolute Gasteiger partial charge is 0.0287 e. The first-order chi connectivity index (χ1) is 6.77. The Morgan fingerprint density at radius 3 is 2.21 bits per heavy atom. The number of hydrogen-bond donors (Lipinski definition) is 0. The number of piperidine rings is 1. The minimum atomic E-state index is 0.943. The van der Waals surface area contributed by atoms with Gasteiger partial charge in [0.05, 0.1) is 0 Å². The molecule has 1 heterocycles. The van der Waals surface area contributed by atoms with Gasteiger partial charge in [-0.1, -0.05) is 40.3 Å². The molecule has 14 heavy (non-hydrogen) atoms. The summed E-state index contributed by atoms with van der Waals surface area (Å²) in [6.07, 6.45) is 5.83. The Bertz CT molecular complexity index is 164. The lowest BCUT2D eigenvalue weighted by Gasteiger charge is -2.33. The van der Waals surface area contributed by atoms with E-state index in [9.17, 15) is 0 Å². The molecule has 0 N–H and O–H groups in total. The van der Waals surface area contributed by atoms with Crippen LogP contribution in [0.5, 0.6) is 0 Å². The minimum Gasteiger partial charge on any atom is -0.372 e. The van der Waals surface area contributed by atoms with Crippen molar-refractivity contribution in [1.29, 1.82) is 0 Å². The van der Waals surface area contributed by atoms with Crippen molar-refractivity contribution in [3.05, 3.63) is 24.9 Å². The summed E-state index contributed by atoms with van der Waals surface area (Å²) in [6.45, 7) is 16.3. The largest absolute Gasteiger partial charge is 0.372 e. The van der Waals surface area contributed by atoms with Crippen molar-refractivity contribution in [3.63, 3.8) is 0 Å². The third kappa shape index (κ3) is 3.99. The second-order valence-corrected chi connectivity index (χ2v) is 3.53. The number of allylic oxidation sites excluding steroid dienone is 1. The fourth-order valence-electron chi connectivity index (χ4n) is 1.76. The molecule has 0 unspecified atom stereocenters. The molecule has 0 spiro atoms. The molecule has 0 aromatic rings. The summed E-state index contributed by atoms with van der Waals surface area (Å²) in [5.74, 6) is 0.943. The standard InChI is InChI=1S/C11H19N.C2H6/c1-4-10(3)12-8-6-11(5-2)7-9-12;1-2/h4,11H,1,3,5-9H2,2H3;1-2H3. The van der Waals surface area contributed by atoms with Gasteiger partial charge in [-0.15, -0.1) is 0 Å². The van der Waals surface area contributed by atoms with Crippen molar-refractivity contribution in [2.45, 2.75) is 40.0 Å². The van der Waals surface area contributed by atoms with Gasteiger partial charge in [0.25, 0.3) is 0 Å². The molecular formula is C13H25N. The predicted octanol–water partition coefficient (Wildman–Crippen LogP) is 3.83. The Morgan fingerprint density at radius 1 is 1.36 bits per heavy atom. The molecule has 0 aliphatic carbocycles. The van der Waals surface area contributed by atoms with Crippen LogP contribution in [0.3, 0.4) is 0 Å². The van der Waals surface area contributed by atoms with Gasteiger partial charge in [-0.25, -0.2) is 0 Å². The van der Waals surface area contributed by atoms with E-state index in [2.05, 4.69) is 25.0 Å². The predicted molar refractivity (Wildman–Crippen MR) is 65.3 cm³/mol. The Hall–Kier alpha value is -0.720. The van der Waals surface area contributed by atoms with Gasteiger partial charge in [-0.3, -0.25) is 0 Å². The molecule has 1 fully saturated rings. The van der Waals surface area contributed by atoms with E-state index >= 15 is 0 Å². The Balaban J connectivity index is 0.000000791. The van der Waals surface area contributed by atoms with Crippen molar-refractivity contribution in [2.75, 3.05) is 13.1 Å². The molecule has 1 aliphatic heterocycles. The van der Waals surface area contributed by atoms with Gasteiger partial charge < -0.3 is 4.90 Å². The van der Waals surface area contributed by atoms with Crippen LogP contribution in [0, 0.1) is 5.92 Å². The first kappa shape index (κ1) is 13.3. The van der Waals surface area contributed by atoms with Crippen molar-refractivity contribution in [3.8, 4) is 0 Å². The molecule has 1 aliphatic rings. The molecule has 0 amide bonds. The van der Waals surface area contributed by atoms with Crippen LogP contribution < -0.4 is 0 Å². The van der Waals surface area contributed by atoms with Gasteiger partial charge in [-0.05, 0) is 24.8 Å². The molecule has 1 rings (SSSR count). The lowest BCUT2D eigenvalue weighted by atomic mass is 9.94. The van der Waals surface area contributed by atoms with Crippen LogP contribution in [-0.2, 0) is 0 Å². The molecule has 1 heteroatoms. The van der Waals surface area contributed by atoms with Crippen molar-refractivity contribution in [2.24, 2.45) is 5.92 Å². The van der Waals surface area contributed by atoms with Crippen molar-refractivity contribution in [1.82, 2.24) is 4.90 Å². The molecule has 0 radical (unpaired) electrons. The molecule has 1 nitrogen and oxygen atoms in total. The number of nitrogens with zero attached hydrogens (tertiary/aromatic N) is 1. The van der Waals surface area contributed by atoms with Crippen LogP contribution in [0.15, 0.2) is 24.9 Å². The Kier molecular flexibility index (Phi) is 7.27. The van der Waals surface area contributed by atoms with Gasteiger partial charge in [0.1, 0.15) is 0 Å². The van der Waals surface area contributed by atoms with E-state index < -0.39 is 0 Å². The number of likely N-dealkylation sites (tertiary alicyclic amines) is 1. The number of rotatable bonds is 3. The summed E-state index contributed by atoms with van der Waals surface area (Å²) < 4.78 is 0.